The van der Waals surface area contributed by atoms with Gasteiger partial charge in [0.05, 0.1) is 0 Å². The number of nitrogens with two attached hydrogens (primary N) is 1. The van der Waals surface area contributed by atoms with E-state index in [1.165, 1.54) is 12.1 Å². The van der Waals surface area contributed by atoms with Crippen molar-refractivity contribution in [3.8, 4) is 11.3 Å². The van der Waals surface area contributed by atoms with E-state index in [1.807, 2.05) is 10.6 Å². The van der Waals surface area contributed by atoms with Crippen molar-refractivity contribution in [3.63, 3.8) is 0 Å². The van der Waals surface area contributed by atoms with Crippen molar-refractivity contribution in [2.24, 2.45) is 0 Å². The summed E-state index contributed by atoms with van der Waals surface area (Å²) in [7, 11) is 0. The summed E-state index contributed by atoms with van der Waals surface area (Å²) in [6, 6.07) is 6.33. The highest BCUT2D eigenvalue weighted by Gasteiger charge is 2.25. The van der Waals surface area contributed by atoms with Crippen molar-refractivity contribution < 1.29 is 4.39 Å². The van der Waals surface area contributed by atoms with Gasteiger partial charge in [0.2, 0.25) is 0 Å². The van der Waals surface area contributed by atoms with Gasteiger partial charge in [-0.15, -0.1) is 6.58 Å². The molecule has 2 aromatic rings. The molecule has 0 fully saturated rings. The van der Waals surface area contributed by atoms with Crippen molar-refractivity contribution in [2.75, 3.05) is 5.73 Å². The number of nitrogens with zero attached hydrogens (tertiary/aromatic N) is 2. The smallest absolute Gasteiger partial charge is 0.132 e. The number of imidazole rings is 1. The monoisotopic (exact) mass is 273 g/mol. The summed E-state index contributed by atoms with van der Waals surface area (Å²) in [6.07, 6.45) is 1.78. The predicted molar refractivity (Wildman–Crippen MR) is 80.9 cm³/mol. The summed E-state index contributed by atoms with van der Waals surface area (Å²) >= 11 is 0. The molecular weight excluding hydrogens is 253 g/mol. The average Bonchev–Trinajstić information content (AvgIpc) is 2.68. The number of halogens is 1. The van der Waals surface area contributed by atoms with Crippen LogP contribution in [0.2, 0.25) is 0 Å². The molecular formula is C16H20FN3. The van der Waals surface area contributed by atoms with E-state index in [2.05, 4.69) is 32.3 Å². The van der Waals surface area contributed by atoms with E-state index in [1.54, 1.807) is 12.1 Å². The third-order valence-corrected chi connectivity index (χ3v) is 3.09. The topological polar surface area (TPSA) is 43.8 Å². The van der Waals surface area contributed by atoms with Crippen LogP contribution in [0.1, 0.15) is 26.6 Å². The minimum Gasteiger partial charge on any atom is -0.383 e. The lowest BCUT2D eigenvalue weighted by Gasteiger charge is -2.19. The van der Waals surface area contributed by atoms with E-state index >= 15 is 0 Å². The van der Waals surface area contributed by atoms with Crippen LogP contribution >= 0.6 is 0 Å². The largest absolute Gasteiger partial charge is 0.383 e. The molecule has 106 valence electrons. The Morgan fingerprint density at radius 2 is 2.10 bits per heavy atom. The zero-order chi connectivity index (χ0) is 14.9. The number of anilines is 1. The van der Waals surface area contributed by atoms with Gasteiger partial charge in [-0.2, -0.15) is 0 Å². The summed E-state index contributed by atoms with van der Waals surface area (Å²) < 4.78 is 15.3. The summed E-state index contributed by atoms with van der Waals surface area (Å²) in [4.78, 5) is 4.63. The summed E-state index contributed by atoms with van der Waals surface area (Å²) in [5.41, 5.74) is 7.36. The first-order valence-electron chi connectivity index (χ1n) is 6.58. The molecule has 0 radical (unpaired) electrons. The second-order valence-electron chi connectivity index (χ2n) is 5.83. The third-order valence-electron chi connectivity index (χ3n) is 3.09. The van der Waals surface area contributed by atoms with Crippen LogP contribution in [0.5, 0.6) is 0 Å². The van der Waals surface area contributed by atoms with E-state index in [0.717, 1.165) is 5.82 Å². The zero-order valence-electron chi connectivity index (χ0n) is 12.2. The lowest BCUT2D eigenvalue weighted by molar-refractivity contribution is 0.515. The molecule has 2 N–H and O–H groups in total. The molecule has 0 amide bonds. The van der Waals surface area contributed by atoms with Crippen LogP contribution in [0.15, 0.2) is 36.9 Å². The molecule has 3 nitrogen and oxygen atoms in total. The van der Waals surface area contributed by atoms with E-state index in [-0.39, 0.29) is 11.2 Å². The fraction of sp³-hybridized carbons (Fsp3) is 0.312. The molecule has 0 aliphatic carbocycles. The van der Waals surface area contributed by atoms with E-state index in [4.69, 9.17) is 5.73 Å². The molecule has 20 heavy (non-hydrogen) atoms. The SMILES string of the molecule is C=CCn1c(C(C)(C)C)nc(-c2cccc(F)c2)c1N. The van der Waals surface area contributed by atoms with Crippen LogP contribution < -0.4 is 5.73 Å². The van der Waals surface area contributed by atoms with Crippen molar-refractivity contribution in [3.05, 3.63) is 48.6 Å². The van der Waals surface area contributed by atoms with Crippen molar-refractivity contribution >= 4 is 5.82 Å². The molecule has 0 atom stereocenters. The Labute approximate surface area is 118 Å². The fourth-order valence-corrected chi connectivity index (χ4v) is 2.20. The van der Waals surface area contributed by atoms with Crippen molar-refractivity contribution in [1.82, 2.24) is 9.55 Å². The minimum absolute atomic E-state index is 0.150. The molecule has 0 spiro atoms. The maximum absolute atomic E-state index is 13.4. The number of hydrogen-bond acceptors (Lipinski definition) is 2. The first-order valence-corrected chi connectivity index (χ1v) is 6.58. The quantitative estimate of drug-likeness (QED) is 0.865. The normalized spacial score (nSPS) is 11.6. The second-order valence-corrected chi connectivity index (χ2v) is 5.83. The van der Waals surface area contributed by atoms with Gasteiger partial charge in [0.25, 0.3) is 0 Å². The second kappa shape index (κ2) is 5.12. The summed E-state index contributed by atoms with van der Waals surface area (Å²) in [5.74, 6) is 1.12. The van der Waals surface area contributed by atoms with Crippen LogP contribution in [-0.2, 0) is 12.0 Å². The Morgan fingerprint density at radius 1 is 1.40 bits per heavy atom. The van der Waals surface area contributed by atoms with Gasteiger partial charge in [-0.3, -0.25) is 0 Å². The van der Waals surface area contributed by atoms with Crippen LogP contribution in [-0.4, -0.2) is 9.55 Å². The number of benzene rings is 1. The Kier molecular flexibility index (Phi) is 3.66. The van der Waals surface area contributed by atoms with Crippen LogP contribution in [0, 0.1) is 5.82 Å². The molecule has 0 aliphatic heterocycles. The summed E-state index contributed by atoms with van der Waals surface area (Å²) in [5, 5.41) is 0. The molecule has 4 heteroatoms. The van der Waals surface area contributed by atoms with Gasteiger partial charge in [0.1, 0.15) is 23.2 Å². The maximum Gasteiger partial charge on any atom is 0.132 e. The predicted octanol–water partition coefficient (Wildman–Crippen LogP) is 3.75. The number of aromatic nitrogens is 2. The van der Waals surface area contributed by atoms with Gasteiger partial charge in [-0.25, -0.2) is 9.37 Å². The van der Waals surface area contributed by atoms with Gasteiger partial charge in [0.15, 0.2) is 0 Å². The average molecular weight is 273 g/mol. The minimum atomic E-state index is -0.294. The molecule has 1 aromatic heterocycles. The van der Waals surface area contributed by atoms with E-state index in [9.17, 15) is 4.39 Å². The Bertz CT molecular complexity index is 636. The fourth-order valence-electron chi connectivity index (χ4n) is 2.20. The Balaban J connectivity index is 2.64. The molecule has 0 saturated heterocycles. The Morgan fingerprint density at radius 3 is 2.65 bits per heavy atom. The van der Waals surface area contributed by atoms with Gasteiger partial charge < -0.3 is 10.3 Å². The molecule has 1 aromatic carbocycles. The van der Waals surface area contributed by atoms with Crippen LogP contribution in [0.4, 0.5) is 10.2 Å². The van der Waals surface area contributed by atoms with Crippen molar-refractivity contribution in [1.29, 1.82) is 0 Å². The molecule has 0 bridgehead atoms. The van der Waals surface area contributed by atoms with Gasteiger partial charge in [-0.05, 0) is 12.1 Å². The molecule has 0 unspecified atom stereocenters. The van der Waals surface area contributed by atoms with Gasteiger partial charge in [0, 0.05) is 17.5 Å². The highest BCUT2D eigenvalue weighted by molar-refractivity contribution is 5.71. The first kappa shape index (κ1) is 14.3. The Hall–Kier alpha value is -2.10. The summed E-state index contributed by atoms with van der Waals surface area (Å²) in [6.45, 7) is 10.6. The molecule has 1 heterocycles. The van der Waals surface area contributed by atoms with E-state index < -0.39 is 0 Å². The third kappa shape index (κ3) is 2.59. The van der Waals surface area contributed by atoms with Crippen LogP contribution in [0.3, 0.4) is 0 Å². The number of hydrogen-bond donors (Lipinski definition) is 1. The zero-order valence-corrected chi connectivity index (χ0v) is 12.2. The molecule has 0 saturated carbocycles. The van der Waals surface area contributed by atoms with E-state index in [0.29, 0.717) is 23.6 Å². The molecule has 0 aliphatic rings. The van der Waals surface area contributed by atoms with Gasteiger partial charge >= 0.3 is 0 Å². The maximum atomic E-state index is 13.4. The highest BCUT2D eigenvalue weighted by Crippen LogP contribution is 2.32. The van der Waals surface area contributed by atoms with Gasteiger partial charge in [-0.1, -0.05) is 39.0 Å². The van der Waals surface area contributed by atoms with Crippen LogP contribution in [0.25, 0.3) is 11.3 Å². The standard InChI is InChI=1S/C16H20FN3/c1-5-9-20-14(18)13(19-15(20)16(2,3)4)11-7-6-8-12(17)10-11/h5-8,10H,1,9,18H2,2-4H3. The number of nitrogen functional groups attached to an aromatic ring is 1. The highest BCUT2D eigenvalue weighted by atomic mass is 19.1. The van der Waals surface area contributed by atoms with Crippen molar-refractivity contribution in [2.45, 2.75) is 32.7 Å². The lowest BCUT2D eigenvalue weighted by atomic mass is 9.95. The number of rotatable bonds is 3. The first-order chi connectivity index (χ1) is 9.34. The molecule has 2 rings (SSSR count). The number of allylic oxidation sites excluding steroid dienone is 1. The lowest BCUT2D eigenvalue weighted by Crippen LogP contribution is -2.19.